The highest BCUT2D eigenvalue weighted by Gasteiger charge is 2.03. The van der Waals surface area contributed by atoms with Gasteiger partial charge in [-0.15, -0.1) is 0 Å². The van der Waals surface area contributed by atoms with Crippen LogP contribution in [-0.4, -0.2) is 16.4 Å². The normalized spacial score (nSPS) is 11.2. The van der Waals surface area contributed by atoms with Crippen LogP contribution >= 0.6 is 11.6 Å². The van der Waals surface area contributed by atoms with Crippen molar-refractivity contribution in [2.75, 3.05) is 0 Å². The first kappa shape index (κ1) is 8.97. The summed E-state index contributed by atoms with van der Waals surface area (Å²) in [7, 11) is 0. The van der Waals surface area contributed by atoms with Crippen molar-refractivity contribution in [3.63, 3.8) is 0 Å². The molecule has 0 amide bonds. The van der Waals surface area contributed by atoms with E-state index in [-0.39, 0.29) is 0 Å². The molecule has 0 bridgehead atoms. The van der Waals surface area contributed by atoms with Crippen LogP contribution in [0.1, 0.15) is 5.56 Å². The highest BCUT2D eigenvalue weighted by atomic mass is 35.5. The van der Waals surface area contributed by atoms with E-state index in [4.69, 9.17) is 16.8 Å². The molecule has 70 valence electrons. The van der Waals surface area contributed by atoms with Crippen LogP contribution in [0.4, 0.5) is 0 Å². The van der Waals surface area contributed by atoms with Gasteiger partial charge < -0.3 is 5.21 Å². The van der Waals surface area contributed by atoms with E-state index in [1.807, 2.05) is 12.1 Å². The first-order valence-electron chi connectivity index (χ1n) is 4.03. The maximum Gasteiger partial charge on any atom is 0.0805 e. The fourth-order valence-corrected chi connectivity index (χ4v) is 1.54. The molecule has 2 aromatic rings. The van der Waals surface area contributed by atoms with Gasteiger partial charge in [-0.05, 0) is 24.3 Å². The van der Waals surface area contributed by atoms with Crippen LogP contribution < -0.4 is 0 Å². The van der Waals surface area contributed by atoms with Gasteiger partial charge in [0.2, 0.25) is 0 Å². The average Bonchev–Trinajstić information content (AvgIpc) is 2.23. The molecule has 0 saturated heterocycles. The first-order chi connectivity index (χ1) is 6.83. The highest BCUT2D eigenvalue weighted by molar-refractivity contribution is 6.35. The number of hydrogen-bond donors (Lipinski definition) is 1. The minimum absolute atomic E-state index is 0.642. The number of hydrogen-bond acceptors (Lipinski definition) is 3. The molecule has 0 unspecified atom stereocenters. The second-order valence-electron chi connectivity index (χ2n) is 2.78. The Morgan fingerprint density at radius 2 is 2.21 bits per heavy atom. The molecule has 1 heterocycles. The third kappa shape index (κ3) is 1.42. The summed E-state index contributed by atoms with van der Waals surface area (Å²) >= 11 is 5.98. The van der Waals surface area contributed by atoms with Crippen molar-refractivity contribution in [3.8, 4) is 0 Å². The summed E-state index contributed by atoms with van der Waals surface area (Å²) in [6, 6.07) is 7.20. The summed E-state index contributed by atoms with van der Waals surface area (Å²) in [6.45, 7) is 0. The Hall–Kier alpha value is -1.61. The molecule has 0 aliphatic carbocycles. The average molecular weight is 207 g/mol. The lowest BCUT2D eigenvalue weighted by Crippen LogP contribution is -1.87. The van der Waals surface area contributed by atoms with E-state index in [1.54, 1.807) is 18.3 Å². The summed E-state index contributed by atoms with van der Waals surface area (Å²) in [4.78, 5) is 4.17. The number of rotatable bonds is 1. The van der Waals surface area contributed by atoms with Gasteiger partial charge in [0.15, 0.2) is 0 Å². The van der Waals surface area contributed by atoms with Gasteiger partial charge in [-0.2, -0.15) is 0 Å². The molecule has 1 N–H and O–H groups in total. The van der Waals surface area contributed by atoms with Crippen LogP contribution in [0.15, 0.2) is 35.6 Å². The van der Waals surface area contributed by atoms with Gasteiger partial charge in [-0.25, -0.2) is 0 Å². The minimum atomic E-state index is 0.642. The largest absolute Gasteiger partial charge is 0.411 e. The Morgan fingerprint density at radius 3 is 3.00 bits per heavy atom. The van der Waals surface area contributed by atoms with E-state index in [1.165, 1.54) is 6.21 Å². The maximum absolute atomic E-state index is 8.46. The SMILES string of the molecule is O/N=C\c1ccc(Cl)c2cccnc12. The first-order valence-corrected chi connectivity index (χ1v) is 4.41. The molecule has 0 fully saturated rings. The molecule has 14 heavy (non-hydrogen) atoms. The molecule has 3 nitrogen and oxygen atoms in total. The molecular formula is C10H7ClN2O. The maximum atomic E-state index is 8.46. The van der Waals surface area contributed by atoms with Crippen molar-refractivity contribution in [1.82, 2.24) is 4.98 Å². The minimum Gasteiger partial charge on any atom is -0.411 e. The Balaban J connectivity index is 2.81. The van der Waals surface area contributed by atoms with Gasteiger partial charge >= 0.3 is 0 Å². The molecule has 0 spiro atoms. The molecular weight excluding hydrogens is 200 g/mol. The summed E-state index contributed by atoms with van der Waals surface area (Å²) in [5, 5.41) is 12.9. The number of pyridine rings is 1. The Labute approximate surface area is 85.6 Å². The second kappa shape index (κ2) is 3.64. The van der Waals surface area contributed by atoms with Crippen molar-refractivity contribution in [2.24, 2.45) is 5.16 Å². The van der Waals surface area contributed by atoms with Gasteiger partial charge in [0, 0.05) is 17.1 Å². The summed E-state index contributed by atoms with van der Waals surface area (Å²) in [6.07, 6.45) is 3.01. The number of fused-ring (bicyclic) bond motifs is 1. The van der Waals surface area contributed by atoms with Gasteiger partial charge in [-0.1, -0.05) is 16.8 Å². The number of oxime groups is 1. The van der Waals surface area contributed by atoms with Crippen LogP contribution in [0.3, 0.4) is 0 Å². The summed E-state index contributed by atoms with van der Waals surface area (Å²) < 4.78 is 0. The van der Waals surface area contributed by atoms with E-state index in [0.29, 0.717) is 5.02 Å². The van der Waals surface area contributed by atoms with Gasteiger partial charge in [-0.3, -0.25) is 4.98 Å². The van der Waals surface area contributed by atoms with Gasteiger partial charge in [0.05, 0.1) is 16.8 Å². The smallest absolute Gasteiger partial charge is 0.0805 e. The molecule has 1 aromatic heterocycles. The standard InChI is InChI=1S/C10H7ClN2O/c11-9-4-3-7(6-13-14)10-8(9)2-1-5-12-10/h1-6,14H/b13-6-. The fourth-order valence-electron chi connectivity index (χ4n) is 1.33. The van der Waals surface area contributed by atoms with Crippen LogP contribution in [0, 0.1) is 0 Å². The van der Waals surface area contributed by atoms with Crippen LogP contribution in [0.2, 0.25) is 5.02 Å². The van der Waals surface area contributed by atoms with Crippen LogP contribution in [0.25, 0.3) is 10.9 Å². The predicted octanol–water partition coefficient (Wildman–Crippen LogP) is 2.70. The molecule has 0 aliphatic heterocycles. The highest BCUT2D eigenvalue weighted by Crippen LogP contribution is 2.23. The van der Waals surface area contributed by atoms with Crippen molar-refractivity contribution in [3.05, 3.63) is 41.0 Å². The van der Waals surface area contributed by atoms with Crippen molar-refractivity contribution >= 4 is 28.7 Å². The zero-order valence-corrected chi connectivity index (χ0v) is 7.94. The fraction of sp³-hybridized carbons (Fsp3) is 0. The second-order valence-corrected chi connectivity index (χ2v) is 3.19. The van der Waals surface area contributed by atoms with Crippen molar-refractivity contribution < 1.29 is 5.21 Å². The number of halogens is 1. The molecule has 0 radical (unpaired) electrons. The lowest BCUT2D eigenvalue weighted by atomic mass is 10.1. The molecule has 0 saturated carbocycles. The molecule has 4 heteroatoms. The van der Waals surface area contributed by atoms with E-state index in [2.05, 4.69) is 10.1 Å². The van der Waals surface area contributed by atoms with Crippen LogP contribution in [0.5, 0.6) is 0 Å². The number of nitrogens with zero attached hydrogens (tertiary/aromatic N) is 2. The van der Waals surface area contributed by atoms with Crippen molar-refractivity contribution in [2.45, 2.75) is 0 Å². The molecule has 0 atom stereocenters. The van der Waals surface area contributed by atoms with Crippen LogP contribution in [-0.2, 0) is 0 Å². The zero-order chi connectivity index (χ0) is 9.97. The predicted molar refractivity (Wildman–Crippen MR) is 56.1 cm³/mol. The Kier molecular flexibility index (Phi) is 2.33. The summed E-state index contributed by atoms with van der Waals surface area (Å²) in [5.74, 6) is 0. The Bertz CT molecular complexity index is 496. The van der Waals surface area contributed by atoms with Gasteiger partial charge in [0.25, 0.3) is 0 Å². The third-order valence-corrected chi connectivity index (χ3v) is 2.27. The quantitative estimate of drug-likeness (QED) is 0.443. The summed E-state index contributed by atoms with van der Waals surface area (Å²) in [5.41, 5.74) is 1.48. The third-order valence-electron chi connectivity index (χ3n) is 1.94. The lowest BCUT2D eigenvalue weighted by Gasteiger charge is -2.01. The van der Waals surface area contributed by atoms with E-state index in [9.17, 15) is 0 Å². The zero-order valence-electron chi connectivity index (χ0n) is 7.18. The van der Waals surface area contributed by atoms with Crippen molar-refractivity contribution in [1.29, 1.82) is 0 Å². The molecule has 0 aliphatic rings. The van der Waals surface area contributed by atoms with E-state index >= 15 is 0 Å². The molecule has 2 rings (SSSR count). The van der Waals surface area contributed by atoms with Gasteiger partial charge in [0.1, 0.15) is 0 Å². The van der Waals surface area contributed by atoms with E-state index in [0.717, 1.165) is 16.5 Å². The lowest BCUT2D eigenvalue weighted by molar-refractivity contribution is 0.322. The monoisotopic (exact) mass is 206 g/mol. The molecule has 1 aromatic carbocycles. The number of aromatic nitrogens is 1. The van der Waals surface area contributed by atoms with E-state index < -0.39 is 0 Å². The Morgan fingerprint density at radius 1 is 1.36 bits per heavy atom. The topological polar surface area (TPSA) is 45.5 Å². The number of benzene rings is 1.